The van der Waals surface area contributed by atoms with Gasteiger partial charge in [0.15, 0.2) is 6.61 Å². The van der Waals surface area contributed by atoms with Gasteiger partial charge >= 0.3 is 5.97 Å². The second-order valence-electron chi connectivity index (χ2n) is 6.85. The summed E-state index contributed by atoms with van der Waals surface area (Å²) >= 11 is 1.61. The van der Waals surface area contributed by atoms with E-state index in [4.69, 9.17) is 9.15 Å². The summed E-state index contributed by atoms with van der Waals surface area (Å²) in [4.78, 5) is 24.6. The Balaban J connectivity index is 1.63. The van der Waals surface area contributed by atoms with Crippen molar-refractivity contribution in [1.82, 2.24) is 5.32 Å². The van der Waals surface area contributed by atoms with E-state index in [9.17, 15) is 9.59 Å². The Morgan fingerprint density at radius 3 is 2.81 bits per heavy atom. The van der Waals surface area contributed by atoms with E-state index in [0.29, 0.717) is 17.3 Å². The number of rotatable bonds is 6. The quantitative estimate of drug-likeness (QED) is 0.768. The molecule has 6 heteroatoms. The molecule has 0 saturated heterocycles. The van der Waals surface area contributed by atoms with E-state index in [0.717, 1.165) is 30.2 Å². The topological polar surface area (TPSA) is 68.5 Å². The lowest BCUT2D eigenvalue weighted by molar-refractivity contribution is -0.125. The molecule has 2 atom stereocenters. The van der Waals surface area contributed by atoms with Crippen LogP contribution in [0.1, 0.15) is 48.7 Å². The van der Waals surface area contributed by atoms with Crippen molar-refractivity contribution >= 4 is 34.6 Å². The minimum atomic E-state index is -0.586. The van der Waals surface area contributed by atoms with E-state index in [1.807, 2.05) is 30.5 Å². The van der Waals surface area contributed by atoms with Crippen LogP contribution in [0.25, 0.3) is 11.0 Å². The van der Waals surface area contributed by atoms with Crippen molar-refractivity contribution in [3.8, 4) is 0 Å². The molecule has 0 unspecified atom stereocenters. The van der Waals surface area contributed by atoms with Crippen molar-refractivity contribution in [2.45, 2.75) is 44.4 Å². The van der Waals surface area contributed by atoms with Crippen molar-refractivity contribution in [1.29, 1.82) is 0 Å². The number of benzene rings is 1. The van der Waals surface area contributed by atoms with Gasteiger partial charge in [0.05, 0.1) is 0 Å². The van der Waals surface area contributed by atoms with Crippen LogP contribution in [0.2, 0.25) is 0 Å². The molecule has 140 valence electrons. The monoisotopic (exact) mass is 375 g/mol. The van der Waals surface area contributed by atoms with Crippen LogP contribution in [0.5, 0.6) is 0 Å². The van der Waals surface area contributed by atoms with Crippen LogP contribution in [0.4, 0.5) is 0 Å². The fourth-order valence-electron chi connectivity index (χ4n) is 3.53. The maximum atomic E-state index is 12.5. The summed E-state index contributed by atoms with van der Waals surface area (Å²) in [5.74, 6) is 0.468. The molecule has 26 heavy (non-hydrogen) atoms. The van der Waals surface area contributed by atoms with Crippen molar-refractivity contribution in [2.75, 3.05) is 12.9 Å². The van der Waals surface area contributed by atoms with Gasteiger partial charge in [0, 0.05) is 22.7 Å². The molecule has 5 nitrogen and oxygen atoms in total. The second kappa shape index (κ2) is 8.62. The summed E-state index contributed by atoms with van der Waals surface area (Å²) in [6.45, 7) is 1.87. The predicted molar refractivity (Wildman–Crippen MR) is 103 cm³/mol. The molecule has 0 bridgehead atoms. The molecule has 3 rings (SSSR count). The standard InChI is InChI=1S/C20H25NO4S/c1-13-7-3-5-9-16(13)21-18(22)11-24-20(23)19-15(12-26-2)14-8-4-6-10-17(14)25-19/h4,6,8,10,13,16H,3,5,7,9,11-12H2,1-2H3,(H,21,22)/t13-,16-/m0/s1. The van der Waals surface area contributed by atoms with Gasteiger partial charge < -0.3 is 14.5 Å². The molecule has 0 aliphatic heterocycles. The average Bonchev–Trinajstić information content (AvgIpc) is 3.01. The zero-order chi connectivity index (χ0) is 18.5. The molecule has 1 saturated carbocycles. The number of fused-ring (bicyclic) bond motifs is 1. The number of carbonyl (C=O) groups excluding carboxylic acids is 2. The zero-order valence-corrected chi connectivity index (χ0v) is 16.1. The number of para-hydroxylation sites is 1. The molecule has 1 aliphatic carbocycles. The summed E-state index contributed by atoms with van der Waals surface area (Å²) in [5.41, 5.74) is 1.48. The number of hydrogen-bond donors (Lipinski definition) is 1. The first kappa shape index (κ1) is 18.8. The third-order valence-corrected chi connectivity index (χ3v) is 5.54. The average molecular weight is 375 g/mol. The molecular formula is C20H25NO4S. The largest absolute Gasteiger partial charge is 0.450 e. The van der Waals surface area contributed by atoms with Gasteiger partial charge in [0.25, 0.3) is 5.91 Å². The van der Waals surface area contributed by atoms with Crippen molar-refractivity contribution in [2.24, 2.45) is 5.92 Å². The molecule has 1 aromatic carbocycles. The third kappa shape index (κ3) is 4.23. The zero-order valence-electron chi connectivity index (χ0n) is 15.2. The van der Waals surface area contributed by atoms with E-state index < -0.39 is 5.97 Å². The normalized spacial score (nSPS) is 20.1. The number of thioether (sulfide) groups is 1. The SMILES string of the molecule is CSCc1c(C(=O)OCC(=O)N[C@H]2CCCC[C@@H]2C)oc2ccccc12. The number of esters is 1. The first-order chi connectivity index (χ1) is 12.6. The maximum absolute atomic E-state index is 12.5. The lowest BCUT2D eigenvalue weighted by Crippen LogP contribution is -2.42. The Hall–Kier alpha value is -1.95. The summed E-state index contributed by atoms with van der Waals surface area (Å²) < 4.78 is 10.9. The minimum Gasteiger partial charge on any atom is -0.450 e. The van der Waals surface area contributed by atoms with E-state index in [1.165, 1.54) is 6.42 Å². The molecule has 2 aromatic rings. The van der Waals surface area contributed by atoms with E-state index in [2.05, 4.69) is 12.2 Å². The first-order valence-electron chi connectivity index (χ1n) is 9.06. The van der Waals surface area contributed by atoms with Gasteiger partial charge in [0.2, 0.25) is 5.76 Å². The lowest BCUT2D eigenvalue weighted by Gasteiger charge is -2.29. The van der Waals surface area contributed by atoms with Gasteiger partial charge in [-0.25, -0.2) is 4.79 Å². The van der Waals surface area contributed by atoms with Gasteiger partial charge in [0.1, 0.15) is 5.58 Å². The van der Waals surface area contributed by atoms with Crippen LogP contribution >= 0.6 is 11.8 Å². The summed E-state index contributed by atoms with van der Waals surface area (Å²) in [6, 6.07) is 7.71. The smallest absolute Gasteiger partial charge is 0.375 e. The highest BCUT2D eigenvalue weighted by atomic mass is 32.2. The molecule has 1 heterocycles. The Bertz CT molecular complexity index is 785. The number of furan rings is 1. The van der Waals surface area contributed by atoms with Gasteiger partial charge in [-0.3, -0.25) is 4.79 Å². The highest BCUT2D eigenvalue weighted by molar-refractivity contribution is 7.97. The maximum Gasteiger partial charge on any atom is 0.375 e. The van der Waals surface area contributed by atoms with Crippen LogP contribution < -0.4 is 5.32 Å². The number of nitrogens with one attached hydrogen (secondary N) is 1. The second-order valence-corrected chi connectivity index (χ2v) is 7.72. The predicted octanol–water partition coefficient (Wildman–Crippen LogP) is 4.15. The van der Waals surface area contributed by atoms with E-state index in [1.54, 1.807) is 11.8 Å². The van der Waals surface area contributed by atoms with Gasteiger partial charge in [-0.1, -0.05) is 38.0 Å². The molecule has 1 N–H and O–H groups in total. The molecule has 1 amide bonds. The van der Waals surface area contributed by atoms with Crippen LogP contribution in [0.3, 0.4) is 0 Å². The Morgan fingerprint density at radius 2 is 2.04 bits per heavy atom. The van der Waals surface area contributed by atoms with Crippen LogP contribution in [0.15, 0.2) is 28.7 Å². The van der Waals surface area contributed by atoms with Gasteiger partial charge in [-0.2, -0.15) is 11.8 Å². The van der Waals surface area contributed by atoms with E-state index >= 15 is 0 Å². The van der Waals surface area contributed by atoms with Crippen molar-refractivity contribution < 1.29 is 18.7 Å². The fourth-order valence-corrected chi connectivity index (χ4v) is 4.10. The van der Waals surface area contributed by atoms with Crippen LogP contribution in [-0.4, -0.2) is 30.8 Å². The summed E-state index contributed by atoms with van der Waals surface area (Å²) in [7, 11) is 0. The third-order valence-electron chi connectivity index (χ3n) is 4.96. The van der Waals surface area contributed by atoms with E-state index in [-0.39, 0.29) is 24.3 Å². The fraction of sp³-hybridized carbons (Fsp3) is 0.500. The van der Waals surface area contributed by atoms with Gasteiger partial charge in [-0.15, -0.1) is 0 Å². The minimum absolute atomic E-state index is 0.174. The Labute approximate surface area is 157 Å². The highest BCUT2D eigenvalue weighted by Gasteiger charge is 2.25. The Kier molecular flexibility index (Phi) is 6.25. The molecule has 0 spiro atoms. The van der Waals surface area contributed by atoms with Crippen LogP contribution in [0, 0.1) is 5.92 Å². The van der Waals surface area contributed by atoms with Crippen molar-refractivity contribution in [3.05, 3.63) is 35.6 Å². The number of ether oxygens (including phenoxy) is 1. The van der Waals surface area contributed by atoms with Crippen molar-refractivity contribution in [3.63, 3.8) is 0 Å². The number of amides is 1. The molecule has 1 aromatic heterocycles. The van der Waals surface area contributed by atoms with Crippen LogP contribution in [-0.2, 0) is 15.3 Å². The highest BCUT2D eigenvalue weighted by Crippen LogP contribution is 2.29. The number of hydrogen-bond acceptors (Lipinski definition) is 5. The molecule has 0 radical (unpaired) electrons. The Morgan fingerprint density at radius 1 is 1.27 bits per heavy atom. The summed E-state index contributed by atoms with van der Waals surface area (Å²) in [6.07, 6.45) is 6.43. The lowest BCUT2D eigenvalue weighted by atomic mass is 9.86. The van der Waals surface area contributed by atoms with Gasteiger partial charge in [-0.05, 0) is 31.1 Å². The number of carbonyl (C=O) groups is 2. The summed E-state index contributed by atoms with van der Waals surface area (Å²) in [5, 5.41) is 3.90. The molecular weight excluding hydrogens is 350 g/mol. The molecule has 1 fully saturated rings. The first-order valence-corrected chi connectivity index (χ1v) is 10.5. The molecule has 1 aliphatic rings.